The predicted molar refractivity (Wildman–Crippen MR) is 67.6 cm³/mol. The molecule has 1 atom stereocenters. The summed E-state index contributed by atoms with van der Waals surface area (Å²) in [5.41, 5.74) is 1.60. The summed E-state index contributed by atoms with van der Waals surface area (Å²) in [7, 11) is 1.46. The van der Waals surface area contributed by atoms with E-state index in [1.807, 2.05) is 6.92 Å². The highest BCUT2D eigenvalue weighted by Gasteiger charge is 2.20. The van der Waals surface area contributed by atoms with Gasteiger partial charge in [-0.15, -0.1) is 0 Å². The van der Waals surface area contributed by atoms with Gasteiger partial charge >= 0.3 is 5.97 Å². The number of phenols is 1. The largest absolute Gasteiger partial charge is 0.504 e. The molecule has 1 aromatic rings. The topological polar surface area (TPSA) is 66.8 Å². The molecule has 0 fully saturated rings. The summed E-state index contributed by atoms with van der Waals surface area (Å²) in [6, 6.07) is 1.54. The van der Waals surface area contributed by atoms with Crippen LogP contribution in [-0.2, 0) is 11.2 Å². The first-order valence-electron chi connectivity index (χ1n) is 5.16. The summed E-state index contributed by atoms with van der Waals surface area (Å²) in [4.78, 5) is 10.9. The zero-order valence-electron chi connectivity index (χ0n) is 9.95. The number of carbonyl (C=O) groups is 1. The summed E-state index contributed by atoms with van der Waals surface area (Å²) in [6.45, 7) is 3.48. The van der Waals surface area contributed by atoms with Crippen molar-refractivity contribution in [1.82, 2.24) is 0 Å². The third kappa shape index (κ3) is 2.91. The molecule has 0 aliphatic heterocycles. The highest BCUT2D eigenvalue weighted by molar-refractivity contribution is 9.10. The molecule has 1 rings (SSSR count). The third-order valence-corrected chi connectivity index (χ3v) is 3.54. The molecule has 2 N–H and O–H groups in total. The van der Waals surface area contributed by atoms with Crippen LogP contribution >= 0.6 is 15.9 Å². The number of halogens is 1. The first kappa shape index (κ1) is 13.8. The van der Waals surface area contributed by atoms with Gasteiger partial charge in [0.2, 0.25) is 0 Å². The Labute approximate surface area is 108 Å². The summed E-state index contributed by atoms with van der Waals surface area (Å²) in [5.74, 6) is -1.04. The van der Waals surface area contributed by atoms with Gasteiger partial charge in [-0.2, -0.15) is 0 Å². The molecule has 0 saturated carbocycles. The molecule has 0 aromatic heterocycles. The van der Waals surface area contributed by atoms with Crippen LogP contribution in [0, 0.1) is 12.8 Å². The predicted octanol–water partition coefficient (Wildman–Crippen LogP) is 2.73. The van der Waals surface area contributed by atoms with Gasteiger partial charge in [-0.1, -0.05) is 22.9 Å². The second-order valence-corrected chi connectivity index (χ2v) is 4.81. The minimum Gasteiger partial charge on any atom is -0.504 e. The number of aliphatic carboxylic acids is 1. The molecular weight excluding hydrogens is 288 g/mol. The van der Waals surface area contributed by atoms with E-state index in [2.05, 4.69) is 15.9 Å². The Kier molecular flexibility index (Phi) is 4.40. The third-order valence-electron chi connectivity index (χ3n) is 2.72. The molecule has 94 valence electrons. The van der Waals surface area contributed by atoms with E-state index in [1.165, 1.54) is 7.11 Å². The number of hydrogen-bond donors (Lipinski definition) is 2. The van der Waals surface area contributed by atoms with Gasteiger partial charge in [0, 0.05) is 10.0 Å². The lowest BCUT2D eigenvalue weighted by molar-refractivity contribution is -0.141. The maximum absolute atomic E-state index is 10.9. The van der Waals surface area contributed by atoms with E-state index in [0.717, 1.165) is 10.0 Å². The van der Waals surface area contributed by atoms with E-state index in [4.69, 9.17) is 9.84 Å². The number of carboxylic acids is 1. The molecule has 0 amide bonds. The zero-order chi connectivity index (χ0) is 13.2. The smallest absolute Gasteiger partial charge is 0.306 e. The first-order chi connectivity index (χ1) is 7.88. The molecule has 0 aliphatic rings. The fourth-order valence-corrected chi connectivity index (χ4v) is 2.09. The second kappa shape index (κ2) is 5.40. The number of benzene rings is 1. The van der Waals surface area contributed by atoms with Crippen LogP contribution in [0.1, 0.15) is 18.1 Å². The highest BCUT2D eigenvalue weighted by Crippen LogP contribution is 2.38. The lowest BCUT2D eigenvalue weighted by Gasteiger charge is -2.16. The quantitative estimate of drug-likeness (QED) is 0.897. The Morgan fingerprint density at radius 1 is 1.59 bits per heavy atom. The maximum atomic E-state index is 10.9. The summed E-state index contributed by atoms with van der Waals surface area (Å²) < 4.78 is 5.87. The van der Waals surface area contributed by atoms with E-state index in [0.29, 0.717) is 17.7 Å². The van der Waals surface area contributed by atoms with E-state index >= 15 is 0 Å². The van der Waals surface area contributed by atoms with Crippen molar-refractivity contribution in [2.75, 3.05) is 7.11 Å². The van der Waals surface area contributed by atoms with Crippen LogP contribution in [-0.4, -0.2) is 23.3 Å². The molecule has 5 heteroatoms. The highest BCUT2D eigenvalue weighted by atomic mass is 79.9. The fourth-order valence-electron chi connectivity index (χ4n) is 1.63. The van der Waals surface area contributed by atoms with Crippen molar-refractivity contribution in [3.63, 3.8) is 0 Å². The molecule has 0 bridgehead atoms. The number of hydrogen-bond acceptors (Lipinski definition) is 3. The Balaban J connectivity index is 3.25. The van der Waals surface area contributed by atoms with Crippen molar-refractivity contribution in [2.45, 2.75) is 20.3 Å². The molecule has 17 heavy (non-hydrogen) atoms. The minimum absolute atomic E-state index is 0.0116. The number of aromatic hydroxyl groups is 1. The number of methoxy groups -OCH3 is 1. The van der Waals surface area contributed by atoms with E-state index in [9.17, 15) is 9.90 Å². The molecule has 4 nitrogen and oxygen atoms in total. The van der Waals surface area contributed by atoms with E-state index < -0.39 is 11.9 Å². The van der Waals surface area contributed by atoms with Crippen LogP contribution in [0.5, 0.6) is 11.5 Å². The van der Waals surface area contributed by atoms with Crippen molar-refractivity contribution in [1.29, 1.82) is 0 Å². The summed E-state index contributed by atoms with van der Waals surface area (Å²) in [6.07, 6.45) is 0.317. The second-order valence-electron chi connectivity index (χ2n) is 3.96. The molecular formula is C12H15BrO4. The van der Waals surface area contributed by atoms with Crippen molar-refractivity contribution in [2.24, 2.45) is 5.92 Å². The van der Waals surface area contributed by atoms with Gasteiger partial charge in [-0.25, -0.2) is 0 Å². The van der Waals surface area contributed by atoms with Crippen LogP contribution in [0.2, 0.25) is 0 Å². The van der Waals surface area contributed by atoms with Crippen molar-refractivity contribution < 1.29 is 19.7 Å². The molecule has 0 aliphatic carbocycles. The standard InChI is InChI=1S/C12H15BrO4/c1-6(12(15)16)4-8-7(2)9(13)5-10(14)11(8)17-3/h5-6,14H,4H2,1-3H3,(H,15,16). The monoisotopic (exact) mass is 302 g/mol. The average Bonchev–Trinajstić information content (AvgIpc) is 2.25. The lowest BCUT2D eigenvalue weighted by atomic mass is 9.96. The van der Waals surface area contributed by atoms with Crippen molar-refractivity contribution in [3.8, 4) is 11.5 Å². The minimum atomic E-state index is -0.870. The SMILES string of the molecule is COc1c(O)cc(Br)c(C)c1CC(C)C(=O)O. The fraction of sp³-hybridized carbons (Fsp3) is 0.417. The Bertz CT molecular complexity index is 443. The van der Waals surface area contributed by atoms with Crippen LogP contribution in [0.15, 0.2) is 10.5 Å². The molecule has 0 radical (unpaired) electrons. The van der Waals surface area contributed by atoms with Gasteiger partial charge in [0.15, 0.2) is 11.5 Å². The average molecular weight is 303 g/mol. The Hall–Kier alpha value is -1.23. The van der Waals surface area contributed by atoms with Gasteiger partial charge in [-0.3, -0.25) is 4.79 Å². The van der Waals surface area contributed by atoms with Crippen molar-refractivity contribution in [3.05, 3.63) is 21.7 Å². The lowest BCUT2D eigenvalue weighted by Crippen LogP contribution is -2.13. The number of carboxylic acid groups (broad SMARTS) is 1. The molecule has 0 spiro atoms. The van der Waals surface area contributed by atoms with Crippen molar-refractivity contribution >= 4 is 21.9 Å². The van der Waals surface area contributed by atoms with E-state index in [1.54, 1.807) is 13.0 Å². The number of phenolic OH excluding ortho intramolecular Hbond substituents is 1. The van der Waals surface area contributed by atoms with Crippen LogP contribution in [0.4, 0.5) is 0 Å². The summed E-state index contributed by atoms with van der Waals surface area (Å²) in [5, 5.41) is 18.7. The Morgan fingerprint density at radius 3 is 2.65 bits per heavy atom. The maximum Gasteiger partial charge on any atom is 0.306 e. The normalized spacial score (nSPS) is 12.2. The molecule has 0 saturated heterocycles. The van der Waals surface area contributed by atoms with Crippen LogP contribution < -0.4 is 4.74 Å². The van der Waals surface area contributed by atoms with Gasteiger partial charge in [0.1, 0.15) is 0 Å². The Morgan fingerprint density at radius 2 is 2.18 bits per heavy atom. The van der Waals surface area contributed by atoms with E-state index in [-0.39, 0.29) is 5.75 Å². The van der Waals surface area contributed by atoms with Gasteiger partial charge in [-0.05, 0) is 25.0 Å². The number of rotatable bonds is 4. The zero-order valence-corrected chi connectivity index (χ0v) is 11.5. The summed E-state index contributed by atoms with van der Waals surface area (Å²) >= 11 is 3.32. The van der Waals surface area contributed by atoms with Gasteiger partial charge in [0.25, 0.3) is 0 Å². The van der Waals surface area contributed by atoms with Gasteiger partial charge in [0.05, 0.1) is 13.0 Å². The van der Waals surface area contributed by atoms with Crippen LogP contribution in [0.25, 0.3) is 0 Å². The molecule has 1 unspecified atom stereocenters. The first-order valence-corrected chi connectivity index (χ1v) is 5.95. The molecule has 1 aromatic carbocycles. The molecule has 0 heterocycles. The van der Waals surface area contributed by atoms with Gasteiger partial charge < -0.3 is 14.9 Å². The van der Waals surface area contributed by atoms with Crippen LogP contribution in [0.3, 0.4) is 0 Å². The number of ether oxygens (including phenoxy) is 1.